The molecule has 4 nitrogen and oxygen atoms in total. The minimum atomic E-state index is -0.484. The zero-order valence-corrected chi connectivity index (χ0v) is 7.55. The van der Waals surface area contributed by atoms with Crippen molar-refractivity contribution in [3.8, 4) is 0 Å². The van der Waals surface area contributed by atoms with Gasteiger partial charge in [0.25, 0.3) is 0 Å². The van der Waals surface area contributed by atoms with Gasteiger partial charge in [-0.15, -0.1) is 0 Å². The molecule has 1 fully saturated rings. The van der Waals surface area contributed by atoms with Crippen LogP contribution < -0.4 is 5.32 Å². The first-order valence-corrected chi connectivity index (χ1v) is 4.15. The van der Waals surface area contributed by atoms with Crippen LogP contribution >= 0.6 is 0 Å². The Kier molecular flexibility index (Phi) is 3.05. The Hall–Kier alpha value is -0.610. The van der Waals surface area contributed by atoms with Crippen molar-refractivity contribution in [2.75, 3.05) is 19.8 Å². The molecule has 0 unspecified atom stereocenters. The van der Waals surface area contributed by atoms with Crippen LogP contribution in [0, 0.1) is 0 Å². The molecule has 1 N–H and O–H groups in total. The Labute approximate surface area is 72.2 Å². The lowest BCUT2D eigenvalue weighted by atomic mass is 10.2. The fourth-order valence-corrected chi connectivity index (χ4v) is 1.17. The number of amides is 1. The maximum Gasteiger partial charge on any atom is 0.216 e. The zero-order valence-electron chi connectivity index (χ0n) is 7.55. The molecule has 0 aromatic carbocycles. The van der Waals surface area contributed by atoms with Crippen LogP contribution in [0.5, 0.6) is 0 Å². The van der Waals surface area contributed by atoms with Gasteiger partial charge in [-0.3, -0.25) is 4.79 Å². The highest BCUT2D eigenvalue weighted by atomic mass is 16.7. The second-order valence-electron chi connectivity index (χ2n) is 3.06. The van der Waals surface area contributed by atoms with Crippen molar-refractivity contribution in [2.24, 2.45) is 0 Å². The summed E-state index contributed by atoms with van der Waals surface area (Å²) >= 11 is 0. The quantitative estimate of drug-likeness (QED) is 0.666. The summed E-state index contributed by atoms with van der Waals surface area (Å²) in [7, 11) is 0. The highest BCUT2D eigenvalue weighted by Gasteiger charge is 2.30. The Morgan fingerprint density at radius 2 is 2.08 bits per heavy atom. The molecule has 0 aromatic rings. The molecule has 1 amide bonds. The summed E-state index contributed by atoms with van der Waals surface area (Å²) in [5.41, 5.74) is 0. The van der Waals surface area contributed by atoms with Crippen molar-refractivity contribution in [3.63, 3.8) is 0 Å². The van der Waals surface area contributed by atoms with Crippen molar-refractivity contribution in [2.45, 2.75) is 26.1 Å². The molecule has 0 saturated carbocycles. The molecule has 1 rings (SSSR count). The van der Waals surface area contributed by atoms with Gasteiger partial charge < -0.3 is 14.8 Å². The van der Waals surface area contributed by atoms with Gasteiger partial charge in [-0.05, 0) is 6.92 Å². The van der Waals surface area contributed by atoms with Crippen molar-refractivity contribution in [1.29, 1.82) is 0 Å². The number of carbonyl (C=O) groups is 1. The van der Waals surface area contributed by atoms with Crippen molar-refractivity contribution in [1.82, 2.24) is 5.32 Å². The standard InChI is InChI=1S/C8H15NO3/c1-7(10)9-4-3-8(2)11-5-6-12-8/h3-6H2,1-2H3,(H,9,10). The molecular formula is C8H15NO3. The molecule has 4 heteroatoms. The summed E-state index contributed by atoms with van der Waals surface area (Å²) in [5, 5.41) is 2.70. The average molecular weight is 173 g/mol. The van der Waals surface area contributed by atoms with Gasteiger partial charge in [0.2, 0.25) is 5.91 Å². The van der Waals surface area contributed by atoms with Crippen molar-refractivity contribution < 1.29 is 14.3 Å². The van der Waals surface area contributed by atoms with Gasteiger partial charge in [-0.2, -0.15) is 0 Å². The molecular weight excluding hydrogens is 158 g/mol. The molecule has 12 heavy (non-hydrogen) atoms. The van der Waals surface area contributed by atoms with E-state index in [9.17, 15) is 4.79 Å². The minimum Gasteiger partial charge on any atom is -0.356 e. The third kappa shape index (κ3) is 2.79. The third-order valence-electron chi connectivity index (χ3n) is 1.85. The number of carbonyl (C=O) groups excluding carboxylic acids is 1. The maximum absolute atomic E-state index is 10.5. The Morgan fingerprint density at radius 3 is 2.58 bits per heavy atom. The second kappa shape index (κ2) is 3.87. The molecule has 0 aliphatic carbocycles. The SMILES string of the molecule is CC(=O)NCCC1(C)OCCO1. The monoisotopic (exact) mass is 173 g/mol. The molecule has 0 radical (unpaired) electrons. The summed E-state index contributed by atoms with van der Waals surface area (Å²) in [6, 6.07) is 0. The number of rotatable bonds is 3. The lowest BCUT2D eigenvalue weighted by Crippen LogP contribution is -2.32. The summed E-state index contributed by atoms with van der Waals surface area (Å²) in [6.45, 7) is 5.29. The third-order valence-corrected chi connectivity index (χ3v) is 1.85. The van der Waals surface area contributed by atoms with Crippen LogP contribution in [0.15, 0.2) is 0 Å². The van der Waals surface area contributed by atoms with Crippen LogP contribution in [0.2, 0.25) is 0 Å². The predicted octanol–water partition coefficient (Wildman–Crippen LogP) is 0.276. The van der Waals surface area contributed by atoms with Crippen LogP contribution in [0.4, 0.5) is 0 Å². The van der Waals surface area contributed by atoms with E-state index in [2.05, 4.69) is 5.32 Å². The Bertz CT molecular complexity index is 164. The first-order chi connectivity index (χ1) is 5.62. The molecule has 0 spiro atoms. The molecule has 70 valence electrons. The van der Waals surface area contributed by atoms with Gasteiger partial charge in [0, 0.05) is 19.9 Å². The van der Waals surface area contributed by atoms with Gasteiger partial charge in [-0.1, -0.05) is 0 Å². The molecule has 1 heterocycles. The molecule has 1 saturated heterocycles. The van der Waals surface area contributed by atoms with E-state index in [1.54, 1.807) is 0 Å². The topological polar surface area (TPSA) is 47.6 Å². The van der Waals surface area contributed by atoms with Crippen molar-refractivity contribution in [3.05, 3.63) is 0 Å². The smallest absolute Gasteiger partial charge is 0.216 e. The first kappa shape index (κ1) is 9.48. The fourth-order valence-electron chi connectivity index (χ4n) is 1.17. The summed E-state index contributed by atoms with van der Waals surface area (Å²) in [6.07, 6.45) is 0.701. The molecule has 0 bridgehead atoms. The fraction of sp³-hybridized carbons (Fsp3) is 0.875. The highest BCUT2D eigenvalue weighted by molar-refractivity contribution is 5.72. The van der Waals surface area contributed by atoms with Crippen LogP contribution in [0.3, 0.4) is 0 Å². The Balaban J connectivity index is 2.17. The minimum absolute atomic E-state index is 0.0170. The van der Waals surface area contributed by atoms with E-state index in [0.717, 1.165) is 0 Å². The van der Waals surface area contributed by atoms with Crippen LogP contribution in [0.1, 0.15) is 20.3 Å². The van der Waals surface area contributed by atoms with E-state index in [-0.39, 0.29) is 5.91 Å². The maximum atomic E-state index is 10.5. The summed E-state index contributed by atoms with van der Waals surface area (Å²) in [4.78, 5) is 10.5. The van der Waals surface area contributed by atoms with E-state index >= 15 is 0 Å². The van der Waals surface area contributed by atoms with E-state index in [1.807, 2.05) is 6.92 Å². The van der Waals surface area contributed by atoms with Gasteiger partial charge in [-0.25, -0.2) is 0 Å². The average Bonchev–Trinajstić information content (AvgIpc) is 2.35. The van der Waals surface area contributed by atoms with E-state index in [1.165, 1.54) is 6.92 Å². The molecule has 0 atom stereocenters. The number of hydrogen-bond donors (Lipinski definition) is 1. The molecule has 0 aromatic heterocycles. The van der Waals surface area contributed by atoms with Gasteiger partial charge in [0.15, 0.2) is 5.79 Å². The van der Waals surface area contributed by atoms with Gasteiger partial charge >= 0.3 is 0 Å². The lowest BCUT2D eigenvalue weighted by Gasteiger charge is -2.21. The zero-order chi connectivity index (χ0) is 9.03. The summed E-state index contributed by atoms with van der Waals surface area (Å²) in [5.74, 6) is -0.501. The number of nitrogens with one attached hydrogen (secondary N) is 1. The highest BCUT2D eigenvalue weighted by Crippen LogP contribution is 2.21. The number of ether oxygens (including phenoxy) is 2. The van der Waals surface area contributed by atoms with Gasteiger partial charge in [0.1, 0.15) is 0 Å². The first-order valence-electron chi connectivity index (χ1n) is 4.15. The number of hydrogen-bond acceptors (Lipinski definition) is 3. The van der Waals surface area contributed by atoms with Crippen LogP contribution in [0.25, 0.3) is 0 Å². The molecule has 1 aliphatic rings. The second-order valence-corrected chi connectivity index (χ2v) is 3.06. The van der Waals surface area contributed by atoms with Crippen LogP contribution in [-0.4, -0.2) is 31.5 Å². The van der Waals surface area contributed by atoms with Crippen molar-refractivity contribution >= 4 is 5.91 Å². The normalized spacial score (nSPS) is 20.8. The van der Waals surface area contributed by atoms with Gasteiger partial charge in [0.05, 0.1) is 13.2 Å². The van der Waals surface area contributed by atoms with E-state index in [0.29, 0.717) is 26.2 Å². The Morgan fingerprint density at radius 1 is 1.50 bits per heavy atom. The van der Waals surface area contributed by atoms with Crippen LogP contribution in [-0.2, 0) is 14.3 Å². The largest absolute Gasteiger partial charge is 0.356 e. The van der Waals surface area contributed by atoms with E-state index < -0.39 is 5.79 Å². The van der Waals surface area contributed by atoms with E-state index in [4.69, 9.17) is 9.47 Å². The predicted molar refractivity (Wildman–Crippen MR) is 43.6 cm³/mol. The lowest BCUT2D eigenvalue weighted by molar-refractivity contribution is -0.146. The molecule has 1 aliphatic heterocycles. The summed E-state index contributed by atoms with van der Waals surface area (Å²) < 4.78 is 10.7.